The van der Waals surface area contributed by atoms with Gasteiger partial charge in [-0.2, -0.15) is 0 Å². The third-order valence-corrected chi connectivity index (χ3v) is 4.28. The Morgan fingerprint density at radius 2 is 2.14 bits per heavy atom. The van der Waals surface area contributed by atoms with Gasteiger partial charge >= 0.3 is 5.97 Å². The molecule has 2 unspecified atom stereocenters. The first-order valence-corrected chi connectivity index (χ1v) is 7.39. The smallest absolute Gasteiger partial charge is 0.328 e. The molecule has 0 amide bonds. The lowest BCUT2D eigenvalue weighted by Crippen LogP contribution is -2.34. The molecule has 2 rings (SSSR count). The summed E-state index contributed by atoms with van der Waals surface area (Å²) in [5.74, 6) is -0.422. The molecular weight excluding hydrogens is 288 g/mol. The maximum Gasteiger partial charge on any atom is 0.328 e. The number of nitrogens with zero attached hydrogens (tertiary/aromatic N) is 2. The Kier molecular flexibility index (Phi) is 4.91. The van der Waals surface area contributed by atoms with Crippen LogP contribution >= 0.6 is 11.6 Å². The van der Waals surface area contributed by atoms with Gasteiger partial charge in [0, 0.05) is 25.2 Å². The number of rotatable bonds is 4. The van der Waals surface area contributed by atoms with E-state index in [1.165, 1.54) is 0 Å². The molecule has 0 spiro atoms. The maximum absolute atomic E-state index is 10.7. The molecule has 1 aliphatic rings. The van der Waals surface area contributed by atoms with E-state index >= 15 is 0 Å². The van der Waals surface area contributed by atoms with Crippen LogP contribution in [0.1, 0.15) is 12.5 Å². The molecule has 2 atom stereocenters. The van der Waals surface area contributed by atoms with Crippen molar-refractivity contribution in [2.24, 2.45) is 5.92 Å². The first-order chi connectivity index (χ1) is 9.90. The molecule has 5 heteroatoms. The van der Waals surface area contributed by atoms with Gasteiger partial charge in [-0.1, -0.05) is 30.7 Å². The number of carbonyl (C=O) groups is 1. The van der Waals surface area contributed by atoms with Crippen molar-refractivity contribution >= 4 is 29.3 Å². The number of aliphatic carboxylic acids is 1. The van der Waals surface area contributed by atoms with Gasteiger partial charge in [-0.05, 0) is 37.7 Å². The van der Waals surface area contributed by atoms with Crippen molar-refractivity contribution in [1.29, 1.82) is 0 Å². The van der Waals surface area contributed by atoms with Crippen molar-refractivity contribution in [3.8, 4) is 0 Å². The van der Waals surface area contributed by atoms with Crippen molar-refractivity contribution in [2.75, 3.05) is 32.1 Å². The second-order valence-electron chi connectivity index (χ2n) is 5.76. The van der Waals surface area contributed by atoms with E-state index in [4.69, 9.17) is 16.7 Å². The van der Waals surface area contributed by atoms with E-state index in [0.29, 0.717) is 17.0 Å². The van der Waals surface area contributed by atoms with Gasteiger partial charge in [0.1, 0.15) is 0 Å². The monoisotopic (exact) mass is 308 g/mol. The first kappa shape index (κ1) is 15.9. The van der Waals surface area contributed by atoms with Crippen LogP contribution in [0.25, 0.3) is 6.08 Å². The van der Waals surface area contributed by atoms with Crippen LogP contribution in [0.2, 0.25) is 5.02 Å². The topological polar surface area (TPSA) is 43.8 Å². The number of carboxylic acids is 1. The molecule has 1 aromatic rings. The highest BCUT2D eigenvalue weighted by Crippen LogP contribution is 2.35. The summed E-state index contributed by atoms with van der Waals surface area (Å²) < 4.78 is 0. The van der Waals surface area contributed by atoms with E-state index in [9.17, 15) is 4.79 Å². The number of halogens is 1. The highest BCUT2D eigenvalue weighted by molar-refractivity contribution is 6.33. The van der Waals surface area contributed by atoms with Crippen LogP contribution in [0.5, 0.6) is 0 Å². The summed E-state index contributed by atoms with van der Waals surface area (Å²) in [6.45, 7) is 4.04. The first-order valence-electron chi connectivity index (χ1n) is 7.01. The fraction of sp³-hybridized carbons (Fsp3) is 0.438. The number of anilines is 1. The second-order valence-corrected chi connectivity index (χ2v) is 6.17. The Labute approximate surface area is 130 Å². The summed E-state index contributed by atoms with van der Waals surface area (Å²) in [6.07, 6.45) is 2.76. The van der Waals surface area contributed by atoms with E-state index in [1.807, 2.05) is 18.2 Å². The Hall–Kier alpha value is -1.52. The van der Waals surface area contributed by atoms with Gasteiger partial charge in [0.15, 0.2) is 0 Å². The second kappa shape index (κ2) is 6.50. The Balaban J connectivity index is 2.33. The summed E-state index contributed by atoms with van der Waals surface area (Å²) in [5.41, 5.74) is 1.77. The van der Waals surface area contributed by atoms with Crippen LogP contribution in [-0.2, 0) is 4.79 Å². The van der Waals surface area contributed by atoms with Crippen LogP contribution in [-0.4, -0.2) is 49.2 Å². The third-order valence-electron chi connectivity index (χ3n) is 3.98. The minimum absolute atomic E-state index is 0.470. The summed E-state index contributed by atoms with van der Waals surface area (Å²) in [7, 11) is 4.17. The zero-order valence-corrected chi connectivity index (χ0v) is 13.3. The minimum atomic E-state index is -0.957. The molecule has 0 aliphatic carbocycles. The van der Waals surface area contributed by atoms with Gasteiger partial charge in [0.25, 0.3) is 0 Å². The lowest BCUT2D eigenvalue weighted by molar-refractivity contribution is -0.131. The molecule has 1 heterocycles. The Morgan fingerprint density at radius 1 is 1.43 bits per heavy atom. The SMILES string of the molecule is CC1CN(c2c(Cl)cccc2/C=C/C(=O)O)CC1N(C)C. The molecule has 21 heavy (non-hydrogen) atoms. The number of benzene rings is 1. The minimum Gasteiger partial charge on any atom is -0.478 e. The van der Waals surface area contributed by atoms with Gasteiger partial charge in [0.2, 0.25) is 0 Å². The van der Waals surface area contributed by atoms with E-state index < -0.39 is 5.97 Å². The molecule has 0 saturated carbocycles. The van der Waals surface area contributed by atoms with E-state index in [1.54, 1.807) is 6.08 Å². The van der Waals surface area contributed by atoms with Gasteiger partial charge in [-0.3, -0.25) is 0 Å². The molecule has 0 bridgehead atoms. The molecule has 1 aliphatic heterocycles. The quantitative estimate of drug-likeness (QED) is 0.869. The van der Waals surface area contributed by atoms with E-state index in [0.717, 1.165) is 30.4 Å². The molecule has 1 saturated heterocycles. The Morgan fingerprint density at radius 3 is 2.71 bits per heavy atom. The Bertz CT molecular complexity index is 557. The fourth-order valence-corrected chi connectivity index (χ4v) is 3.27. The molecule has 1 aromatic carbocycles. The lowest BCUT2D eigenvalue weighted by atomic mass is 10.1. The average molecular weight is 309 g/mol. The molecule has 0 aromatic heterocycles. The average Bonchev–Trinajstić information content (AvgIpc) is 2.78. The number of likely N-dealkylation sites (N-methyl/N-ethyl adjacent to an activating group) is 1. The van der Waals surface area contributed by atoms with E-state index in [2.05, 4.69) is 30.8 Å². The van der Waals surface area contributed by atoms with Crippen molar-refractivity contribution in [3.05, 3.63) is 34.9 Å². The summed E-state index contributed by atoms with van der Waals surface area (Å²) in [4.78, 5) is 15.2. The van der Waals surface area contributed by atoms with Gasteiger partial charge in [0.05, 0.1) is 10.7 Å². The van der Waals surface area contributed by atoms with Crippen LogP contribution < -0.4 is 4.90 Å². The summed E-state index contributed by atoms with van der Waals surface area (Å²) in [6, 6.07) is 6.06. The molecule has 4 nitrogen and oxygen atoms in total. The van der Waals surface area contributed by atoms with Crippen LogP contribution in [0, 0.1) is 5.92 Å². The summed E-state index contributed by atoms with van der Waals surface area (Å²) >= 11 is 6.36. The van der Waals surface area contributed by atoms with E-state index in [-0.39, 0.29) is 0 Å². The molecule has 0 radical (unpaired) electrons. The van der Waals surface area contributed by atoms with Crippen molar-refractivity contribution in [3.63, 3.8) is 0 Å². The van der Waals surface area contributed by atoms with Crippen molar-refractivity contribution < 1.29 is 9.90 Å². The number of hydrogen-bond donors (Lipinski definition) is 1. The predicted molar refractivity (Wildman–Crippen MR) is 87.0 cm³/mol. The largest absolute Gasteiger partial charge is 0.478 e. The maximum atomic E-state index is 10.7. The normalized spacial score (nSPS) is 22.4. The lowest BCUT2D eigenvalue weighted by Gasteiger charge is -2.24. The predicted octanol–water partition coefficient (Wildman–Crippen LogP) is 2.82. The zero-order chi connectivity index (χ0) is 15.6. The van der Waals surface area contributed by atoms with Crippen LogP contribution in [0.3, 0.4) is 0 Å². The van der Waals surface area contributed by atoms with Gasteiger partial charge in [-0.15, -0.1) is 0 Å². The van der Waals surface area contributed by atoms with Gasteiger partial charge in [-0.25, -0.2) is 4.79 Å². The molecule has 114 valence electrons. The standard InChI is InChI=1S/C16H21ClN2O2/c1-11-9-19(10-14(11)18(2)3)16-12(7-8-15(20)21)5-4-6-13(16)17/h4-8,11,14H,9-10H2,1-3H3,(H,20,21)/b8-7+. The van der Waals surface area contributed by atoms with Crippen molar-refractivity contribution in [2.45, 2.75) is 13.0 Å². The fourth-order valence-electron chi connectivity index (χ4n) is 2.97. The van der Waals surface area contributed by atoms with Crippen LogP contribution in [0.15, 0.2) is 24.3 Å². The van der Waals surface area contributed by atoms with Crippen LogP contribution in [0.4, 0.5) is 5.69 Å². The molecular formula is C16H21ClN2O2. The van der Waals surface area contributed by atoms with Crippen molar-refractivity contribution in [1.82, 2.24) is 4.90 Å². The number of carboxylic acid groups (broad SMARTS) is 1. The summed E-state index contributed by atoms with van der Waals surface area (Å²) in [5, 5.41) is 9.48. The number of para-hydroxylation sites is 1. The highest BCUT2D eigenvalue weighted by atomic mass is 35.5. The van der Waals surface area contributed by atoms with Gasteiger partial charge < -0.3 is 14.9 Å². The third kappa shape index (κ3) is 3.57. The zero-order valence-electron chi connectivity index (χ0n) is 12.6. The highest BCUT2D eigenvalue weighted by Gasteiger charge is 2.32. The molecule has 1 fully saturated rings. The number of hydrogen-bond acceptors (Lipinski definition) is 3. The molecule has 1 N–H and O–H groups in total.